The van der Waals surface area contributed by atoms with Crippen LogP contribution in [0.2, 0.25) is 0 Å². The summed E-state index contributed by atoms with van der Waals surface area (Å²) in [6.07, 6.45) is 3.31. The summed E-state index contributed by atoms with van der Waals surface area (Å²) in [5.41, 5.74) is 2.78. The SMILES string of the molecule is Cc1ccccc1CN1C(=O)c2nc3ccccc3n2C[C@]1(C)C(=O)N[C@@H]1CCC[C@H](C)[C@H]1C. The molecule has 2 aromatic carbocycles. The molecule has 3 aromatic rings. The maximum atomic E-state index is 14.0. The molecule has 1 fully saturated rings. The normalized spacial score (nSPS) is 27.0. The summed E-state index contributed by atoms with van der Waals surface area (Å²) in [6, 6.07) is 15.9. The number of hydrogen-bond acceptors (Lipinski definition) is 3. The zero-order chi connectivity index (χ0) is 24.0. The highest BCUT2D eigenvalue weighted by atomic mass is 16.2. The van der Waals surface area contributed by atoms with E-state index in [0.717, 1.165) is 35.0 Å². The van der Waals surface area contributed by atoms with Crippen molar-refractivity contribution < 1.29 is 9.59 Å². The van der Waals surface area contributed by atoms with Gasteiger partial charge in [0.15, 0.2) is 5.82 Å². The third-order valence-corrected chi connectivity index (χ3v) is 8.25. The molecule has 178 valence electrons. The quantitative estimate of drug-likeness (QED) is 0.616. The van der Waals surface area contributed by atoms with Crippen molar-refractivity contribution in [1.82, 2.24) is 19.8 Å². The molecule has 0 radical (unpaired) electrons. The van der Waals surface area contributed by atoms with Crippen LogP contribution in [0.4, 0.5) is 0 Å². The average molecular weight is 459 g/mol. The summed E-state index contributed by atoms with van der Waals surface area (Å²) in [5.74, 6) is 1.11. The van der Waals surface area contributed by atoms with Gasteiger partial charge in [-0.15, -0.1) is 0 Å². The lowest BCUT2D eigenvalue weighted by Gasteiger charge is -2.45. The molecule has 1 aromatic heterocycles. The first kappa shape index (κ1) is 22.6. The van der Waals surface area contributed by atoms with Crippen molar-refractivity contribution in [3.63, 3.8) is 0 Å². The van der Waals surface area contributed by atoms with Gasteiger partial charge >= 0.3 is 0 Å². The Morgan fingerprint density at radius 1 is 1.12 bits per heavy atom. The summed E-state index contributed by atoms with van der Waals surface area (Å²) >= 11 is 0. The number of carbonyl (C=O) groups is 2. The molecule has 0 unspecified atom stereocenters. The Morgan fingerprint density at radius 3 is 2.65 bits per heavy atom. The first-order valence-electron chi connectivity index (χ1n) is 12.4. The third-order valence-electron chi connectivity index (χ3n) is 8.25. The number of benzene rings is 2. The predicted octanol–water partition coefficient (Wildman–Crippen LogP) is 4.70. The molecule has 0 bridgehead atoms. The maximum absolute atomic E-state index is 14.0. The van der Waals surface area contributed by atoms with Crippen molar-refractivity contribution in [2.45, 2.75) is 71.6 Å². The number of aryl methyl sites for hydroxylation is 1. The first-order valence-corrected chi connectivity index (χ1v) is 12.4. The Labute approximate surface area is 201 Å². The first-order chi connectivity index (χ1) is 16.3. The fourth-order valence-corrected chi connectivity index (χ4v) is 5.64. The second-order valence-corrected chi connectivity index (χ2v) is 10.4. The zero-order valence-electron chi connectivity index (χ0n) is 20.5. The Kier molecular flexibility index (Phi) is 5.70. The molecular weight excluding hydrogens is 424 g/mol. The molecule has 2 aliphatic rings. The molecule has 1 N–H and O–H groups in total. The second kappa shape index (κ2) is 8.57. The lowest BCUT2D eigenvalue weighted by atomic mass is 9.77. The fraction of sp³-hybridized carbons (Fsp3) is 0.464. The van der Waals surface area contributed by atoms with Crippen molar-refractivity contribution in [2.24, 2.45) is 11.8 Å². The van der Waals surface area contributed by atoms with Gasteiger partial charge in [0.1, 0.15) is 5.54 Å². The van der Waals surface area contributed by atoms with E-state index < -0.39 is 5.54 Å². The van der Waals surface area contributed by atoms with Gasteiger partial charge in [0.2, 0.25) is 5.91 Å². The maximum Gasteiger partial charge on any atom is 0.291 e. The zero-order valence-corrected chi connectivity index (χ0v) is 20.5. The molecule has 1 aliphatic carbocycles. The summed E-state index contributed by atoms with van der Waals surface area (Å²) in [7, 11) is 0. The topological polar surface area (TPSA) is 67.2 Å². The van der Waals surface area contributed by atoms with Gasteiger partial charge in [0, 0.05) is 12.6 Å². The summed E-state index contributed by atoms with van der Waals surface area (Å²) in [4.78, 5) is 34.3. The predicted molar refractivity (Wildman–Crippen MR) is 133 cm³/mol. The summed E-state index contributed by atoms with van der Waals surface area (Å²) in [6.45, 7) is 9.20. The van der Waals surface area contributed by atoms with Crippen LogP contribution in [0.25, 0.3) is 11.0 Å². The average Bonchev–Trinajstić information content (AvgIpc) is 3.19. The number of carbonyl (C=O) groups excluding carboxylic acids is 2. The number of fused-ring (bicyclic) bond motifs is 3. The standard InChI is InChI=1S/C28H34N4O2/c1-18-11-9-14-22(20(18)3)30-27(34)28(4)17-31-24-15-8-7-13-23(24)29-25(31)26(33)32(28)16-21-12-6-5-10-19(21)2/h5-8,10,12-13,15,18,20,22H,9,11,14,16-17H2,1-4H3,(H,30,34)/t18-,20+,22+,28+/m0/s1. The lowest BCUT2D eigenvalue weighted by Crippen LogP contribution is -2.65. The van der Waals surface area contributed by atoms with Crippen molar-refractivity contribution >= 4 is 22.8 Å². The summed E-state index contributed by atoms with van der Waals surface area (Å²) in [5, 5.41) is 3.36. The van der Waals surface area contributed by atoms with Gasteiger partial charge in [-0.05, 0) is 55.4 Å². The minimum Gasteiger partial charge on any atom is -0.351 e. The number of para-hydroxylation sites is 2. The van der Waals surface area contributed by atoms with Gasteiger partial charge in [-0.2, -0.15) is 0 Å². The molecule has 4 atom stereocenters. The third kappa shape index (κ3) is 3.69. The number of amides is 2. The lowest BCUT2D eigenvalue weighted by molar-refractivity contribution is -0.134. The molecule has 0 saturated heterocycles. The van der Waals surface area contributed by atoms with E-state index in [9.17, 15) is 9.59 Å². The Bertz CT molecular complexity index is 1250. The van der Waals surface area contributed by atoms with Crippen molar-refractivity contribution in [2.75, 3.05) is 0 Å². The van der Waals surface area contributed by atoms with Gasteiger partial charge in [0.05, 0.1) is 17.6 Å². The minimum atomic E-state index is -1.03. The van der Waals surface area contributed by atoms with Gasteiger partial charge in [-0.25, -0.2) is 4.98 Å². The van der Waals surface area contributed by atoms with E-state index in [4.69, 9.17) is 0 Å². The molecule has 34 heavy (non-hydrogen) atoms. The Morgan fingerprint density at radius 2 is 1.85 bits per heavy atom. The van der Waals surface area contributed by atoms with Crippen LogP contribution in [-0.4, -0.2) is 37.8 Å². The van der Waals surface area contributed by atoms with Crippen molar-refractivity contribution in [1.29, 1.82) is 0 Å². The van der Waals surface area contributed by atoms with Crippen LogP contribution < -0.4 is 5.32 Å². The van der Waals surface area contributed by atoms with Crippen LogP contribution in [0, 0.1) is 18.8 Å². The van der Waals surface area contributed by atoms with E-state index in [1.165, 1.54) is 6.42 Å². The van der Waals surface area contributed by atoms with Crippen LogP contribution >= 0.6 is 0 Å². The van der Waals surface area contributed by atoms with Crippen LogP contribution in [0.15, 0.2) is 48.5 Å². The molecule has 6 heteroatoms. The van der Waals surface area contributed by atoms with Crippen LogP contribution in [0.1, 0.15) is 61.8 Å². The second-order valence-electron chi connectivity index (χ2n) is 10.4. The number of aromatic nitrogens is 2. The number of hydrogen-bond donors (Lipinski definition) is 1. The van der Waals surface area contributed by atoms with Gasteiger partial charge in [-0.1, -0.05) is 63.1 Å². The van der Waals surface area contributed by atoms with E-state index in [1.807, 2.05) is 66.9 Å². The smallest absolute Gasteiger partial charge is 0.291 e. The van der Waals surface area contributed by atoms with Gasteiger partial charge in [-0.3, -0.25) is 9.59 Å². The number of rotatable bonds is 4. The Balaban J connectivity index is 1.55. The van der Waals surface area contributed by atoms with E-state index in [1.54, 1.807) is 4.90 Å². The monoisotopic (exact) mass is 458 g/mol. The minimum absolute atomic E-state index is 0.0798. The van der Waals surface area contributed by atoms with Crippen molar-refractivity contribution in [3.8, 4) is 0 Å². The van der Waals surface area contributed by atoms with Crippen LogP contribution in [-0.2, 0) is 17.9 Å². The van der Waals surface area contributed by atoms with Gasteiger partial charge < -0.3 is 14.8 Å². The van der Waals surface area contributed by atoms with E-state index >= 15 is 0 Å². The molecule has 1 saturated carbocycles. The number of imidazole rings is 1. The molecule has 5 rings (SSSR count). The Hall–Kier alpha value is -3.15. The van der Waals surface area contributed by atoms with Crippen molar-refractivity contribution in [3.05, 3.63) is 65.5 Å². The molecule has 0 spiro atoms. The highest BCUT2D eigenvalue weighted by Crippen LogP contribution is 2.34. The van der Waals surface area contributed by atoms with Crippen LogP contribution in [0.5, 0.6) is 0 Å². The molecule has 2 heterocycles. The largest absolute Gasteiger partial charge is 0.351 e. The number of nitrogens with one attached hydrogen (secondary N) is 1. The molecular formula is C28H34N4O2. The highest BCUT2D eigenvalue weighted by molar-refractivity contribution is 6.01. The molecule has 2 amide bonds. The molecule has 1 aliphatic heterocycles. The van der Waals surface area contributed by atoms with E-state index in [-0.39, 0.29) is 17.9 Å². The number of nitrogens with zero attached hydrogens (tertiary/aromatic N) is 3. The fourth-order valence-electron chi connectivity index (χ4n) is 5.64. The summed E-state index contributed by atoms with van der Waals surface area (Å²) < 4.78 is 1.93. The molecule has 6 nitrogen and oxygen atoms in total. The van der Waals surface area contributed by atoms with E-state index in [0.29, 0.717) is 30.7 Å². The highest BCUT2D eigenvalue weighted by Gasteiger charge is 2.49. The van der Waals surface area contributed by atoms with Gasteiger partial charge in [0.25, 0.3) is 5.91 Å². The van der Waals surface area contributed by atoms with Crippen LogP contribution in [0.3, 0.4) is 0 Å². The van der Waals surface area contributed by atoms with E-state index in [2.05, 4.69) is 24.1 Å².